The van der Waals surface area contributed by atoms with Crippen LogP contribution in [0, 0.1) is 13.8 Å². The summed E-state index contributed by atoms with van der Waals surface area (Å²) in [6.45, 7) is 5.80. The van der Waals surface area contributed by atoms with E-state index in [1.54, 1.807) is 10.9 Å². The fourth-order valence-corrected chi connectivity index (χ4v) is 4.97. The number of alkyl halides is 1. The summed E-state index contributed by atoms with van der Waals surface area (Å²) < 4.78 is 22.4. The van der Waals surface area contributed by atoms with Gasteiger partial charge in [-0.1, -0.05) is 0 Å². The molecule has 0 spiro atoms. The second-order valence-electron chi connectivity index (χ2n) is 8.96. The summed E-state index contributed by atoms with van der Waals surface area (Å²) in [7, 11) is 1.86. The van der Waals surface area contributed by atoms with Crippen molar-refractivity contribution >= 4 is 22.7 Å². The van der Waals surface area contributed by atoms with Crippen molar-refractivity contribution in [3.05, 3.63) is 41.2 Å². The zero-order valence-electron chi connectivity index (χ0n) is 18.6. The minimum Gasteiger partial charge on any atom is -0.389 e. The molecule has 9 heteroatoms. The number of rotatable bonds is 4. The highest BCUT2D eigenvalue weighted by molar-refractivity contribution is 5.81. The number of aliphatic hydroxyl groups excluding tert-OH is 1. The summed E-state index contributed by atoms with van der Waals surface area (Å²) >= 11 is 0. The number of aliphatic hydroxyl groups is 1. The van der Waals surface area contributed by atoms with Crippen LogP contribution in [0.1, 0.15) is 29.2 Å². The van der Waals surface area contributed by atoms with Crippen LogP contribution < -0.4 is 5.32 Å². The van der Waals surface area contributed by atoms with Crippen LogP contribution in [0.15, 0.2) is 24.4 Å². The lowest BCUT2D eigenvalue weighted by Crippen LogP contribution is -2.50. The fraction of sp³-hybridized carbons (Fsp3) is 0.522. The van der Waals surface area contributed by atoms with Gasteiger partial charge in [-0.2, -0.15) is 5.10 Å². The van der Waals surface area contributed by atoms with Crippen LogP contribution in [-0.2, 0) is 11.8 Å². The first-order chi connectivity index (χ1) is 15.4. The van der Waals surface area contributed by atoms with Gasteiger partial charge in [0.25, 0.3) is 0 Å². The summed E-state index contributed by atoms with van der Waals surface area (Å²) in [5, 5.41) is 18.6. The van der Waals surface area contributed by atoms with Crippen molar-refractivity contribution < 1.29 is 14.2 Å². The molecule has 5 rings (SSSR count). The maximum Gasteiger partial charge on any atom is 0.228 e. The summed E-state index contributed by atoms with van der Waals surface area (Å²) in [5.41, 5.74) is 3.74. The molecule has 1 unspecified atom stereocenters. The number of likely N-dealkylation sites (tertiary alicyclic amines) is 1. The molecular weight excluding hydrogens is 411 g/mol. The largest absolute Gasteiger partial charge is 0.389 e. The molecule has 32 heavy (non-hydrogen) atoms. The molecule has 2 fully saturated rings. The SMILES string of the molecule is Cc1cc(Nc2ncc3cc(C)c([C@H]4CCN([C@@H]5COCC5O)C[C@@H]4F)cc3n2)n(C)n1. The molecule has 3 aromatic rings. The standard InChI is InChI=1S/C23H29FN6O2/c1-13-6-15-9-25-23(27-22-7-14(2)28-29(22)3)26-19(15)8-17(13)16-4-5-30(10-18(16)24)20-11-32-12-21(20)31/h6-9,16,18,20-21,31H,4-5,10-12H2,1-3H3,(H,25,26,27)/t16-,18+,20-,21?/m1/s1. The van der Waals surface area contributed by atoms with E-state index in [4.69, 9.17) is 4.74 Å². The predicted molar refractivity (Wildman–Crippen MR) is 120 cm³/mol. The van der Waals surface area contributed by atoms with E-state index < -0.39 is 12.3 Å². The molecule has 2 aliphatic heterocycles. The van der Waals surface area contributed by atoms with E-state index in [0.29, 0.717) is 32.1 Å². The van der Waals surface area contributed by atoms with Gasteiger partial charge in [0, 0.05) is 37.2 Å². The monoisotopic (exact) mass is 440 g/mol. The number of fused-ring (bicyclic) bond motifs is 1. The summed E-state index contributed by atoms with van der Waals surface area (Å²) in [4.78, 5) is 11.2. The average molecular weight is 441 g/mol. The van der Waals surface area contributed by atoms with Crippen molar-refractivity contribution in [3.8, 4) is 0 Å². The van der Waals surface area contributed by atoms with Gasteiger partial charge in [-0.3, -0.25) is 9.58 Å². The topological polar surface area (TPSA) is 88.3 Å². The van der Waals surface area contributed by atoms with Crippen LogP contribution >= 0.6 is 0 Å². The highest BCUT2D eigenvalue weighted by Gasteiger charge is 2.38. The second kappa shape index (κ2) is 8.38. The van der Waals surface area contributed by atoms with E-state index in [-0.39, 0.29) is 12.0 Å². The zero-order valence-corrected chi connectivity index (χ0v) is 18.6. The summed E-state index contributed by atoms with van der Waals surface area (Å²) in [5.74, 6) is 1.10. The first kappa shape index (κ1) is 21.2. The van der Waals surface area contributed by atoms with Gasteiger partial charge < -0.3 is 15.2 Å². The molecule has 0 saturated carbocycles. The maximum absolute atomic E-state index is 15.3. The number of aryl methyl sites for hydroxylation is 3. The Hall–Kier alpha value is -2.62. The van der Waals surface area contributed by atoms with Crippen molar-refractivity contribution in [1.29, 1.82) is 0 Å². The highest BCUT2D eigenvalue weighted by Crippen LogP contribution is 2.35. The smallest absolute Gasteiger partial charge is 0.228 e. The molecule has 2 aliphatic rings. The minimum absolute atomic E-state index is 0.107. The molecule has 1 aromatic carbocycles. The van der Waals surface area contributed by atoms with Gasteiger partial charge in [0.15, 0.2) is 0 Å². The molecule has 2 saturated heterocycles. The Labute approximate surface area is 186 Å². The number of anilines is 2. The third-order valence-corrected chi connectivity index (χ3v) is 6.67. The molecule has 2 aromatic heterocycles. The number of halogens is 1. The van der Waals surface area contributed by atoms with Gasteiger partial charge in [0.05, 0.1) is 36.6 Å². The van der Waals surface area contributed by atoms with Crippen LogP contribution in [0.25, 0.3) is 10.9 Å². The molecule has 170 valence electrons. The van der Waals surface area contributed by atoms with E-state index in [0.717, 1.165) is 40.1 Å². The Balaban J connectivity index is 1.39. The number of aromatic nitrogens is 4. The van der Waals surface area contributed by atoms with E-state index in [9.17, 15) is 5.11 Å². The van der Waals surface area contributed by atoms with Crippen LogP contribution in [0.4, 0.5) is 16.2 Å². The second-order valence-corrected chi connectivity index (χ2v) is 8.96. The normalized spacial score (nSPS) is 26.7. The lowest BCUT2D eigenvalue weighted by atomic mass is 9.84. The first-order valence-corrected chi connectivity index (χ1v) is 11.1. The highest BCUT2D eigenvalue weighted by atomic mass is 19.1. The third-order valence-electron chi connectivity index (χ3n) is 6.67. The van der Waals surface area contributed by atoms with Crippen LogP contribution in [0.5, 0.6) is 0 Å². The number of benzene rings is 1. The first-order valence-electron chi connectivity index (χ1n) is 11.1. The van der Waals surface area contributed by atoms with E-state index in [1.165, 1.54) is 0 Å². The Morgan fingerprint density at radius 3 is 2.75 bits per heavy atom. The van der Waals surface area contributed by atoms with Crippen LogP contribution in [-0.4, -0.2) is 74.4 Å². The van der Waals surface area contributed by atoms with Crippen molar-refractivity contribution in [2.45, 2.75) is 44.5 Å². The number of nitrogens with zero attached hydrogens (tertiary/aromatic N) is 5. The molecule has 4 heterocycles. The molecule has 0 aliphatic carbocycles. The quantitative estimate of drug-likeness (QED) is 0.645. The van der Waals surface area contributed by atoms with E-state index >= 15 is 4.39 Å². The van der Waals surface area contributed by atoms with Gasteiger partial charge in [-0.25, -0.2) is 14.4 Å². The molecule has 8 nitrogen and oxygen atoms in total. The minimum atomic E-state index is -1.01. The number of ether oxygens (including phenoxy) is 1. The number of hydrogen-bond donors (Lipinski definition) is 2. The molecule has 2 N–H and O–H groups in total. The number of hydrogen-bond acceptors (Lipinski definition) is 7. The van der Waals surface area contributed by atoms with Crippen molar-refractivity contribution in [3.63, 3.8) is 0 Å². The Bertz CT molecular complexity index is 1140. The summed E-state index contributed by atoms with van der Waals surface area (Å²) in [6.07, 6.45) is 0.944. The fourth-order valence-electron chi connectivity index (χ4n) is 4.97. The molecule has 0 radical (unpaired) electrons. The van der Waals surface area contributed by atoms with Gasteiger partial charge >= 0.3 is 0 Å². The Morgan fingerprint density at radius 1 is 1.22 bits per heavy atom. The van der Waals surface area contributed by atoms with Crippen molar-refractivity contribution in [2.24, 2.45) is 7.05 Å². The summed E-state index contributed by atoms with van der Waals surface area (Å²) in [6, 6.07) is 5.87. The maximum atomic E-state index is 15.3. The van der Waals surface area contributed by atoms with Crippen molar-refractivity contribution in [2.75, 3.05) is 31.6 Å². The predicted octanol–water partition coefficient (Wildman–Crippen LogP) is 2.61. The van der Waals surface area contributed by atoms with Gasteiger partial charge in [-0.15, -0.1) is 0 Å². The van der Waals surface area contributed by atoms with Crippen LogP contribution in [0.2, 0.25) is 0 Å². The number of piperidine rings is 1. The Morgan fingerprint density at radius 2 is 2.06 bits per heavy atom. The number of nitrogens with one attached hydrogen (secondary N) is 1. The molecular formula is C23H29FN6O2. The van der Waals surface area contributed by atoms with E-state index in [2.05, 4.69) is 20.4 Å². The Kier molecular flexibility index (Phi) is 5.56. The lowest BCUT2D eigenvalue weighted by Gasteiger charge is -2.39. The molecule has 0 amide bonds. The molecule has 0 bridgehead atoms. The average Bonchev–Trinajstić information content (AvgIpc) is 3.32. The van der Waals surface area contributed by atoms with Crippen molar-refractivity contribution in [1.82, 2.24) is 24.6 Å². The zero-order chi connectivity index (χ0) is 22.4. The van der Waals surface area contributed by atoms with Gasteiger partial charge in [0.1, 0.15) is 12.0 Å². The molecule has 4 atom stereocenters. The van der Waals surface area contributed by atoms with Gasteiger partial charge in [0.2, 0.25) is 5.95 Å². The van der Waals surface area contributed by atoms with Gasteiger partial charge in [-0.05, 0) is 50.1 Å². The lowest BCUT2D eigenvalue weighted by molar-refractivity contribution is 0.0352. The van der Waals surface area contributed by atoms with E-state index in [1.807, 2.05) is 44.0 Å². The third kappa shape index (κ3) is 3.96. The van der Waals surface area contributed by atoms with Crippen LogP contribution in [0.3, 0.4) is 0 Å².